The van der Waals surface area contributed by atoms with E-state index in [4.69, 9.17) is 0 Å². The number of hydrogen-bond donors (Lipinski definition) is 2. The molecule has 168 valence electrons. The Labute approximate surface area is 190 Å². The highest BCUT2D eigenvalue weighted by Crippen LogP contribution is 2.23. The number of aryl methyl sites for hydroxylation is 4. The SMILES string of the molecule is CCc1ccc(CC)c(CNC(=O)c2ccc(C)c(S(=O)(=O)Nc3ccccc3C)c2)c1. The number of rotatable bonds is 8. The number of amides is 1. The first kappa shape index (κ1) is 23.5. The minimum Gasteiger partial charge on any atom is -0.348 e. The summed E-state index contributed by atoms with van der Waals surface area (Å²) in [6.45, 7) is 8.14. The highest BCUT2D eigenvalue weighted by Gasteiger charge is 2.20. The highest BCUT2D eigenvalue weighted by molar-refractivity contribution is 7.92. The van der Waals surface area contributed by atoms with Crippen LogP contribution in [0.2, 0.25) is 0 Å². The van der Waals surface area contributed by atoms with Crippen LogP contribution in [0.1, 0.15) is 52.0 Å². The van der Waals surface area contributed by atoms with Crippen molar-refractivity contribution in [2.45, 2.75) is 52.0 Å². The van der Waals surface area contributed by atoms with Crippen molar-refractivity contribution < 1.29 is 13.2 Å². The van der Waals surface area contributed by atoms with E-state index >= 15 is 0 Å². The largest absolute Gasteiger partial charge is 0.348 e. The van der Waals surface area contributed by atoms with Gasteiger partial charge in [0.25, 0.3) is 15.9 Å². The van der Waals surface area contributed by atoms with E-state index in [-0.39, 0.29) is 10.8 Å². The van der Waals surface area contributed by atoms with E-state index in [0.29, 0.717) is 23.4 Å². The Kier molecular flexibility index (Phi) is 7.36. The molecule has 0 aromatic heterocycles. The summed E-state index contributed by atoms with van der Waals surface area (Å²) < 4.78 is 28.7. The fraction of sp³-hybridized carbons (Fsp3) is 0.269. The van der Waals surface area contributed by atoms with Crippen molar-refractivity contribution in [3.8, 4) is 0 Å². The van der Waals surface area contributed by atoms with Crippen LogP contribution in [0.15, 0.2) is 65.6 Å². The molecule has 3 rings (SSSR count). The van der Waals surface area contributed by atoms with Crippen LogP contribution >= 0.6 is 0 Å². The third-order valence-electron chi connectivity index (χ3n) is 5.63. The van der Waals surface area contributed by atoms with Gasteiger partial charge in [0.15, 0.2) is 0 Å². The van der Waals surface area contributed by atoms with Gasteiger partial charge in [0.1, 0.15) is 0 Å². The van der Waals surface area contributed by atoms with Crippen LogP contribution in [0.5, 0.6) is 0 Å². The number of para-hydroxylation sites is 1. The summed E-state index contributed by atoms with van der Waals surface area (Å²) in [5.74, 6) is -0.304. The normalized spacial score (nSPS) is 11.2. The van der Waals surface area contributed by atoms with Crippen LogP contribution in [0.25, 0.3) is 0 Å². The first-order chi connectivity index (χ1) is 15.2. The molecule has 0 spiro atoms. The van der Waals surface area contributed by atoms with Gasteiger partial charge in [-0.05, 0) is 72.7 Å². The summed E-state index contributed by atoms with van der Waals surface area (Å²) in [5.41, 5.74) is 5.72. The molecule has 5 nitrogen and oxygen atoms in total. The second kappa shape index (κ2) is 10.0. The standard InChI is InChI=1S/C26H30N2O3S/c1-5-20-12-14-21(6-2)23(15-20)17-27-26(29)22-13-11-19(4)25(16-22)32(30,31)28-24-10-8-7-9-18(24)3/h7-16,28H,5-6,17H2,1-4H3,(H,27,29). The Morgan fingerprint density at radius 2 is 1.59 bits per heavy atom. The molecular weight excluding hydrogens is 420 g/mol. The molecule has 3 aromatic rings. The van der Waals surface area contributed by atoms with Crippen molar-refractivity contribution in [1.29, 1.82) is 0 Å². The number of nitrogens with one attached hydrogen (secondary N) is 2. The molecule has 0 fully saturated rings. The van der Waals surface area contributed by atoms with E-state index in [2.05, 4.69) is 42.1 Å². The quantitative estimate of drug-likeness (QED) is 0.498. The summed E-state index contributed by atoms with van der Waals surface area (Å²) in [7, 11) is -3.84. The van der Waals surface area contributed by atoms with Crippen LogP contribution in [0.3, 0.4) is 0 Å². The molecule has 0 atom stereocenters. The number of anilines is 1. The Bertz CT molecular complexity index is 1230. The number of carbonyl (C=O) groups is 1. The number of hydrogen-bond acceptors (Lipinski definition) is 3. The molecule has 0 saturated heterocycles. The molecular formula is C26H30N2O3S. The zero-order valence-electron chi connectivity index (χ0n) is 19.0. The van der Waals surface area contributed by atoms with Gasteiger partial charge in [-0.1, -0.05) is 56.3 Å². The molecule has 1 amide bonds. The van der Waals surface area contributed by atoms with Crippen molar-refractivity contribution >= 4 is 21.6 Å². The lowest BCUT2D eigenvalue weighted by atomic mass is 10.0. The zero-order chi connectivity index (χ0) is 23.3. The van der Waals surface area contributed by atoms with Crippen LogP contribution in [0.4, 0.5) is 5.69 Å². The Morgan fingerprint density at radius 1 is 0.844 bits per heavy atom. The molecule has 0 heterocycles. The van der Waals surface area contributed by atoms with E-state index in [0.717, 1.165) is 24.0 Å². The minimum absolute atomic E-state index is 0.0932. The van der Waals surface area contributed by atoms with Crippen LogP contribution in [-0.2, 0) is 29.4 Å². The molecule has 3 aromatic carbocycles. The van der Waals surface area contributed by atoms with E-state index in [1.807, 2.05) is 19.1 Å². The third-order valence-corrected chi connectivity index (χ3v) is 7.14. The maximum Gasteiger partial charge on any atom is 0.262 e. The molecule has 0 aliphatic heterocycles. The van der Waals surface area contributed by atoms with Gasteiger partial charge in [-0.2, -0.15) is 0 Å². The monoisotopic (exact) mass is 450 g/mol. The Balaban J connectivity index is 1.82. The van der Waals surface area contributed by atoms with Gasteiger partial charge in [-0.3, -0.25) is 9.52 Å². The van der Waals surface area contributed by atoms with Crippen molar-refractivity contribution in [2.75, 3.05) is 4.72 Å². The number of carbonyl (C=O) groups excluding carboxylic acids is 1. The average molecular weight is 451 g/mol. The van der Waals surface area contributed by atoms with E-state index < -0.39 is 10.0 Å². The molecule has 0 unspecified atom stereocenters. The molecule has 2 N–H and O–H groups in total. The molecule has 32 heavy (non-hydrogen) atoms. The molecule has 0 radical (unpaired) electrons. The smallest absolute Gasteiger partial charge is 0.262 e. The van der Waals surface area contributed by atoms with E-state index in [1.165, 1.54) is 17.2 Å². The lowest BCUT2D eigenvalue weighted by Crippen LogP contribution is -2.24. The summed E-state index contributed by atoms with van der Waals surface area (Å²) in [6, 6.07) is 18.3. The highest BCUT2D eigenvalue weighted by atomic mass is 32.2. The summed E-state index contributed by atoms with van der Waals surface area (Å²) >= 11 is 0. The Hall–Kier alpha value is -3.12. The zero-order valence-corrected chi connectivity index (χ0v) is 19.8. The first-order valence-corrected chi connectivity index (χ1v) is 12.3. The molecule has 6 heteroatoms. The predicted octanol–water partition coefficient (Wildman–Crippen LogP) is 5.16. The lowest BCUT2D eigenvalue weighted by Gasteiger charge is -2.14. The van der Waals surface area contributed by atoms with Gasteiger partial charge in [0.2, 0.25) is 0 Å². The van der Waals surface area contributed by atoms with Crippen LogP contribution < -0.4 is 10.0 Å². The van der Waals surface area contributed by atoms with Crippen molar-refractivity contribution in [3.63, 3.8) is 0 Å². The third kappa shape index (κ3) is 5.37. The van der Waals surface area contributed by atoms with Crippen LogP contribution in [0, 0.1) is 13.8 Å². The molecule has 0 bridgehead atoms. The number of benzene rings is 3. The lowest BCUT2D eigenvalue weighted by molar-refractivity contribution is 0.0950. The predicted molar refractivity (Wildman–Crippen MR) is 130 cm³/mol. The molecule has 0 aliphatic carbocycles. The first-order valence-electron chi connectivity index (χ1n) is 10.8. The van der Waals surface area contributed by atoms with Gasteiger partial charge in [-0.15, -0.1) is 0 Å². The van der Waals surface area contributed by atoms with E-state index in [9.17, 15) is 13.2 Å². The van der Waals surface area contributed by atoms with Crippen LogP contribution in [-0.4, -0.2) is 14.3 Å². The maximum absolute atomic E-state index is 13.0. The van der Waals surface area contributed by atoms with Crippen molar-refractivity contribution in [3.05, 3.63) is 94.0 Å². The van der Waals surface area contributed by atoms with Gasteiger partial charge in [0.05, 0.1) is 10.6 Å². The van der Waals surface area contributed by atoms with Crippen molar-refractivity contribution in [2.24, 2.45) is 0 Å². The van der Waals surface area contributed by atoms with Gasteiger partial charge >= 0.3 is 0 Å². The second-order valence-corrected chi connectivity index (χ2v) is 9.54. The second-order valence-electron chi connectivity index (χ2n) is 7.89. The van der Waals surface area contributed by atoms with Crippen molar-refractivity contribution in [1.82, 2.24) is 5.32 Å². The van der Waals surface area contributed by atoms with E-state index in [1.54, 1.807) is 31.2 Å². The maximum atomic E-state index is 13.0. The van der Waals surface area contributed by atoms with Gasteiger partial charge in [0, 0.05) is 12.1 Å². The van der Waals surface area contributed by atoms with Gasteiger partial charge < -0.3 is 5.32 Å². The van der Waals surface area contributed by atoms with Gasteiger partial charge in [-0.25, -0.2) is 8.42 Å². The topological polar surface area (TPSA) is 75.3 Å². The fourth-order valence-electron chi connectivity index (χ4n) is 3.60. The fourth-order valence-corrected chi connectivity index (χ4v) is 5.01. The molecule has 0 aliphatic rings. The summed E-state index contributed by atoms with van der Waals surface area (Å²) in [6.07, 6.45) is 1.81. The molecule has 0 saturated carbocycles. The Morgan fingerprint density at radius 3 is 2.28 bits per heavy atom. The number of sulfonamides is 1. The average Bonchev–Trinajstić information content (AvgIpc) is 2.78. The summed E-state index contributed by atoms with van der Waals surface area (Å²) in [4.78, 5) is 12.9. The summed E-state index contributed by atoms with van der Waals surface area (Å²) in [5, 5.41) is 2.94. The minimum atomic E-state index is -3.84.